The normalized spacial score (nSPS) is 11.3. The highest BCUT2D eigenvalue weighted by molar-refractivity contribution is 6.38. The van der Waals surface area contributed by atoms with E-state index >= 15 is 0 Å². The second kappa shape index (κ2) is 2.42. The third-order valence-corrected chi connectivity index (χ3v) is 0.924. The molecule has 1 heterocycles. The number of hydrogen-bond donors (Lipinski definition) is 1. The summed E-state index contributed by atoms with van der Waals surface area (Å²) in [4.78, 5) is 7.28. The molecule has 1 aromatic heterocycles. The van der Waals surface area contributed by atoms with Crippen LogP contribution in [0.3, 0.4) is 0 Å². The lowest BCUT2D eigenvalue weighted by Crippen LogP contribution is -2.28. The van der Waals surface area contributed by atoms with Gasteiger partial charge in [-0.3, -0.25) is 0 Å². The molecular formula is C5H4B2N2O. The quantitative estimate of drug-likeness (QED) is 0.491. The molecule has 0 spiro atoms. The monoisotopic (exact) mass is 130 g/mol. The van der Waals surface area contributed by atoms with E-state index in [-0.39, 0.29) is 5.82 Å². The largest absolute Gasteiger partial charge is 0.402 e. The molecule has 1 aromatic rings. The topological polar surface area (TPSA) is 46.0 Å². The Morgan fingerprint density at radius 1 is 1.30 bits per heavy atom. The van der Waals surface area contributed by atoms with Gasteiger partial charge in [0.2, 0.25) is 0 Å². The van der Waals surface area contributed by atoms with Gasteiger partial charge in [-0.2, -0.15) is 0 Å². The van der Waals surface area contributed by atoms with Gasteiger partial charge in [0, 0.05) is 17.8 Å². The molecule has 0 aliphatic carbocycles. The summed E-state index contributed by atoms with van der Waals surface area (Å²) in [6.45, 7) is 0. The number of rotatable bonds is 1. The lowest BCUT2D eigenvalue weighted by atomic mass is 9.65. The summed E-state index contributed by atoms with van der Waals surface area (Å²) < 4.78 is 0. The van der Waals surface area contributed by atoms with E-state index in [0.29, 0.717) is 0 Å². The first kappa shape index (κ1) is 7.28. The zero-order valence-corrected chi connectivity index (χ0v) is 5.23. The molecule has 10 heavy (non-hydrogen) atoms. The van der Waals surface area contributed by atoms with Gasteiger partial charge in [-0.1, -0.05) is 0 Å². The second-order valence-corrected chi connectivity index (χ2v) is 1.90. The minimum absolute atomic E-state index is 0.00926. The molecule has 0 saturated heterocycles. The van der Waals surface area contributed by atoms with Gasteiger partial charge in [0.05, 0.1) is 0 Å². The van der Waals surface area contributed by atoms with Crippen molar-refractivity contribution in [1.29, 1.82) is 0 Å². The first-order chi connectivity index (χ1) is 4.61. The van der Waals surface area contributed by atoms with E-state index in [1.54, 1.807) is 6.07 Å². The molecule has 0 aromatic carbocycles. The van der Waals surface area contributed by atoms with Gasteiger partial charge in [-0.25, -0.2) is 9.97 Å². The summed E-state index contributed by atoms with van der Waals surface area (Å²) in [6.07, 6.45) is 2.90. The second-order valence-electron chi connectivity index (χ2n) is 1.90. The maximum atomic E-state index is 8.92. The summed E-state index contributed by atoms with van der Waals surface area (Å²) in [6, 6.07) is 1.61. The molecule has 3 nitrogen and oxygen atoms in total. The Kier molecular flexibility index (Phi) is 1.76. The summed E-state index contributed by atoms with van der Waals surface area (Å²) in [7, 11) is 10.1. The third-order valence-electron chi connectivity index (χ3n) is 0.924. The van der Waals surface area contributed by atoms with Crippen molar-refractivity contribution in [3.05, 3.63) is 24.3 Å². The molecule has 0 fully saturated rings. The maximum Gasteiger partial charge on any atom is 0.140 e. The average Bonchev–Trinajstić information content (AvgIpc) is 1.88. The molecule has 4 radical (unpaired) electrons. The van der Waals surface area contributed by atoms with E-state index in [1.165, 1.54) is 12.4 Å². The fourth-order valence-electron chi connectivity index (χ4n) is 0.506. The number of aromatic nitrogens is 2. The Morgan fingerprint density at radius 2 is 1.80 bits per heavy atom. The van der Waals surface area contributed by atoms with Crippen molar-refractivity contribution in [2.45, 2.75) is 5.40 Å². The van der Waals surface area contributed by atoms with Crippen LogP contribution in [0.25, 0.3) is 0 Å². The van der Waals surface area contributed by atoms with E-state index in [2.05, 4.69) is 9.97 Å². The number of hydrogen-bond acceptors (Lipinski definition) is 3. The van der Waals surface area contributed by atoms with Crippen LogP contribution in [-0.4, -0.2) is 30.8 Å². The molecule has 0 atom stereocenters. The van der Waals surface area contributed by atoms with Gasteiger partial charge in [-0.05, 0) is 6.07 Å². The van der Waals surface area contributed by atoms with E-state index in [4.69, 9.17) is 20.8 Å². The third kappa shape index (κ3) is 1.57. The lowest BCUT2D eigenvalue weighted by Gasteiger charge is -2.14. The molecule has 0 unspecified atom stereocenters. The van der Waals surface area contributed by atoms with Gasteiger partial charge < -0.3 is 5.11 Å². The van der Waals surface area contributed by atoms with Gasteiger partial charge >= 0.3 is 0 Å². The van der Waals surface area contributed by atoms with Crippen LogP contribution >= 0.6 is 0 Å². The van der Waals surface area contributed by atoms with Crippen molar-refractivity contribution in [3.63, 3.8) is 0 Å². The van der Waals surface area contributed by atoms with Crippen LogP contribution < -0.4 is 0 Å². The van der Waals surface area contributed by atoms with Crippen LogP contribution in [0.5, 0.6) is 0 Å². The smallest absolute Gasteiger partial charge is 0.140 e. The van der Waals surface area contributed by atoms with Gasteiger partial charge in [0.25, 0.3) is 0 Å². The van der Waals surface area contributed by atoms with Crippen molar-refractivity contribution in [3.8, 4) is 0 Å². The molecule has 0 aliphatic rings. The minimum atomic E-state index is -1.93. The molecule has 1 N–H and O–H groups in total. The molecule has 0 amide bonds. The highest BCUT2D eigenvalue weighted by Crippen LogP contribution is 2.04. The predicted octanol–water partition coefficient (Wildman–Crippen LogP) is -1.08. The fraction of sp³-hybridized carbons (Fsp3) is 0.200. The molecule has 1 rings (SSSR count). The molecule has 0 bridgehead atoms. The van der Waals surface area contributed by atoms with E-state index in [9.17, 15) is 0 Å². The van der Waals surface area contributed by atoms with Gasteiger partial charge in [-0.15, -0.1) is 0 Å². The standard InChI is InChI=1S/C5H4B2N2O/c6-5(7,10)4-8-2-1-3-9-4/h1-3,10H. The number of aliphatic hydroxyl groups is 1. The molecule has 0 aliphatic heterocycles. The van der Waals surface area contributed by atoms with Crippen LogP contribution in [0.4, 0.5) is 0 Å². The minimum Gasteiger partial charge on any atom is -0.402 e. The Hall–Kier alpha value is -0.830. The van der Waals surface area contributed by atoms with Crippen molar-refractivity contribution >= 4 is 15.7 Å². The van der Waals surface area contributed by atoms with Crippen molar-refractivity contribution in [1.82, 2.24) is 9.97 Å². The van der Waals surface area contributed by atoms with Gasteiger partial charge in [0.15, 0.2) is 0 Å². The van der Waals surface area contributed by atoms with Crippen molar-refractivity contribution in [2.24, 2.45) is 0 Å². The highest BCUT2D eigenvalue weighted by atomic mass is 16.3. The van der Waals surface area contributed by atoms with Crippen molar-refractivity contribution in [2.75, 3.05) is 0 Å². The Balaban J connectivity index is 2.97. The molecular weight excluding hydrogens is 126 g/mol. The molecule has 5 heteroatoms. The summed E-state index contributed by atoms with van der Waals surface area (Å²) in [5.41, 5.74) is 0. The molecule has 46 valence electrons. The van der Waals surface area contributed by atoms with E-state index < -0.39 is 5.40 Å². The van der Waals surface area contributed by atoms with E-state index in [1.807, 2.05) is 0 Å². The van der Waals surface area contributed by atoms with E-state index in [0.717, 1.165) is 0 Å². The Bertz CT molecular complexity index is 209. The van der Waals surface area contributed by atoms with Crippen LogP contribution in [0.15, 0.2) is 18.5 Å². The Labute approximate surface area is 61.3 Å². The summed E-state index contributed by atoms with van der Waals surface area (Å²) >= 11 is 0. The zero-order chi connectivity index (χ0) is 7.61. The van der Waals surface area contributed by atoms with Crippen LogP contribution in [0.2, 0.25) is 0 Å². The van der Waals surface area contributed by atoms with Crippen LogP contribution in [0, 0.1) is 0 Å². The average molecular weight is 130 g/mol. The van der Waals surface area contributed by atoms with Crippen LogP contribution in [0.1, 0.15) is 5.82 Å². The number of nitrogens with zero attached hydrogens (tertiary/aromatic N) is 2. The van der Waals surface area contributed by atoms with Crippen LogP contribution in [-0.2, 0) is 5.40 Å². The first-order valence-corrected chi connectivity index (χ1v) is 2.68. The van der Waals surface area contributed by atoms with Crippen molar-refractivity contribution < 1.29 is 5.11 Å². The van der Waals surface area contributed by atoms with Gasteiger partial charge in [0.1, 0.15) is 21.5 Å². The SMILES string of the molecule is [B]C([B])(O)c1ncccn1. The first-order valence-electron chi connectivity index (χ1n) is 2.68. The maximum absolute atomic E-state index is 8.92. The predicted molar refractivity (Wildman–Crippen MR) is 37.4 cm³/mol. The summed E-state index contributed by atoms with van der Waals surface area (Å²) in [5.74, 6) is 0.00926. The fourth-order valence-corrected chi connectivity index (χ4v) is 0.506. The molecule has 0 saturated carbocycles. The highest BCUT2D eigenvalue weighted by Gasteiger charge is 2.16. The zero-order valence-electron chi connectivity index (χ0n) is 5.23. The lowest BCUT2D eigenvalue weighted by molar-refractivity contribution is 0.206. The summed E-state index contributed by atoms with van der Waals surface area (Å²) in [5, 5.41) is 6.99. The Morgan fingerprint density at radius 3 is 2.10 bits per heavy atom.